The Morgan fingerprint density at radius 2 is 2.18 bits per heavy atom. The van der Waals surface area contributed by atoms with Gasteiger partial charge in [0, 0.05) is 24.2 Å². The maximum atomic E-state index is 11.4. The van der Waals surface area contributed by atoms with Crippen LogP contribution in [-0.4, -0.2) is 26.4 Å². The summed E-state index contributed by atoms with van der Waals surface area (Å²) in [6.45, 7) is 1.35. The molecule has 0 aliphatic carbocycles. The molecule has 0 unspecified atom stereocenters. The summed E-state index contributed by atoms with van der Waals surface area (Å²) in [6, 6.07) is 3.41. The molecule has 0 aliphatic rings. The molecule has 22 heavy (non-hydrogen) atoms. The average molecular weight is 320 g/mol. The van der Waals surface area contributed by atoms with E-state index < -0.39 is 5.97 Å². The van der Waals surface area contributed by atoms with Crippen molar-refractivity contribution < 1.29 is 19.1 Å². The zero-order chi connectivity index (χ0) is 15.9. The Hall–Kier alpha value is -2.80. The Balaban J connectivity index is 2.31. The summed E-state index contributed by atoms with van der Waals surface area (Å²) >= 11 is 6.08. The zero-order valence-electron chi connectivity index (χ0n) is 11.3. The minimum absolute atomic E-state index is 0.0422. The fraction of sp³-hybridized carbons (Fsp3) is 0.0714. The van der Waals surface area contributed by atoms with Crippen LogP contribution in [0.5, 0.6) is 0 Å². The number of furan rings is 1. The number of anilines is 1. The van der Waals surface area contributed by atoms with Gasteiger partial charge in [-0.1, -0.05) is 11.6 Å². The molecule has 3 heterocycles. The number of amides is 1. The summed E-state index contributed by atoms with van der Waals surface area (Å²) in [4.78, 5) is 26.5. The van der Waals surface area contributed by atoms with Crippen LogP contribution in [0, 0.1) is 0 Å². The number of fused-ring (bicyclic) bond motifs is 1. The first-order valence-electron chi connectivity index (χ1n) is 6.22. The van der Waals surface area contributed by atoms with Crippen molar-refractivity contribution in [2.24, 2.45) is 0 Å². The predicted octanol–water partition coefficient (Wildman–Crippen LogP) is 2.90. The molecule has 8 heteroatoms. The van der Waals surface area contributed by atoms with Gasteiger partial charge in [-0.15, -0.1) is 0 Å². The van der Waals surface area contributed by atoms with E-state index in [1.165, 1.54) is 23.9 Å². The fourth-order valence-electron chi connectivity index (χ4n) is 2.12. The first-order chi connectivity index (χ1) is 10.5. The molecule has 0 atom stereocenters. The number of imidazole rings is 1. The molecule has 3 rings (SSSR count). The lowest BCUT2D eigenvalue weighted by Crippen LogP contribution is -2.07. The lowest BCUT2D eigenvalue weighted by molar-refractivity contribution is -0.114. The Morgan fingerprint density at radius 3 is 2.77 bits per heavy atom. The number of aromatic nitrogens is 2. The first kappa shape index (κ1) is 14.2. The highest BCUT2D eigenvalue weighted by molar-refractivity contribution is 6.32. The number of rotatable bonds is 3. The topological polar surface area (TPSA) is 96.8 Å². The van der Waals surface area contributed by atoms with Crippen LogP contribution in [-0.2, 0) is 4.79 Å². The molecule has 0 aliphatic heterocycles. The molecule has 0 radical (unpaired) electrons. The van der Waals surface area contributed by atoms with E-state index in [0.717, 1.165) is 5.56 Å². The van der Waals surface area contributed by atoms with E-state index >= 15 is 0 Å². The fourth-order valence-corrected chi connectivity index (χ4v) is 2.37. The summed E-state index contributed by atoms with van der Waals surface area (Å²) in [7, 11) is 0. The van der Waals surface area contributed by atoms with E-state index in [0.29, 0.717) is 11.3 Å². The van der Waals surface area contributed by atoms with Gasteiger partial charge in [0.2, 0.25) is 5.91 Å². The van der Waals surface area contributed by atoms with Crippen LogP contribution < -0.4 is 5.32 Å². The van der Waals surface area contributed by atoms with Crippen LogP contribution in [0.2, 0.25) is 5.15 Å². The Morgan fingerprint density at radius 1 is 1.41 bits per heavy atom. The summed E-state index contributed by atoms with van der Waals surface area (Å²) in [5.74, 6) is -1.55. The van der Waals surface area contributed by atoms with Crippen LogP contribution in [0.25, 0.3) is 16.8 Å². The van der Waals surface area contributed by atoms with Crippen molar-refractivity contribution in [3.8, 4) is 11.1 Å². The van der Waals surface area contributed by atoms with E-state index in [4.69, 9.17) is 21.1 Å². The van der Waals surface area contributed by atoms with Gasteiger partial charge >= 0.3 is 5.97 Å². The third-order valence-electron chi connectivity index (χ3n) is 3.03. The molecule has 0 saturated heterocycles. The van der Waals surface area contributed by atoms with Gasteiger partial charge in [0.25, 0.3) is 0 Å². The van der Waals surface area contributed by atoms with Gasteiger partial charge in [-0.2, -0.15) is 0 Å². The molecule has 0 bridgehead atoms. The lowest BCUT2D eigenvalue weighted by Gasteiger charge is -2.07. The predicted molar refractivity (Wildman–Crippen MR) is 79.2 cm³/mol. The highest BCUT2D eigenvalue weighted by Crippen LogP contribution is 2.30. The lowest BCUT2D eigenvalue weighted by atomic mass is 10.1. The second kappa shape index (κ2) is 5.19. The van der Waals surface area contributed by atoms with Gasteiger partial charge in [-0.3, -0.25) is 9.20 Å². The molecule has 7 nitrogen and oxygen atoms in total. The van der Waals surface area contributed by atoms with Gasteiger partial charge in [-0.05, 0) is 12.1 Å². The van der Waals surface area contributed by atoms with Gasteiger partial charge in [0.05, 0.1) is 18.2 Å². The number of hydrogen-bond donors (Lipinski definition) is 2. The third-order valence-corrected chi connectivity index (χ3v) is 3.39. The number of halogens is 1. The van der Waals surface area contributed by atoms with Crippen molar-refractivity contribution in [1.29, 1.82) is 0 Å². The van der Waals surface area contributed by atoms with E-state index in [2.05, 4.69) is 10.3 Å². The number of carboxylic acids is 1. The Labute approximate surface area is 129 Å². The average Bonchev–Trinajstić information content (AvgIpc) is 3.07. The molecule has 0 aromatic carbocycles. The molecule has 3 aromatic rings. The van der Waals surface area contributed by atoms with Crippen LogP contribution in [0.3, 0.4) is 0 Å². The van der Waals surface area contributed by atoms with Crippen molar-refractivity contribution in [2.75, 3.05) is 5.32 Å². The number of carbonyl (C=O) groups excluding carboxylic acids is 1. The van der Waals surface area contributed by atoms with E-state index in [9.17, 15) is 9.59 Å². The number of hydrogen-bond acceptors (Lipinski definition) is 4. The molecular weight excluding hydrogens is 310 g/mol. The molecule has 0 fully saturated rings. The van der Waals surface area contributed by atoms with Crippen molar-refractivity contribution in [2.45, 2.75) is 6.92 Å². The number of aromatic carboxylic acids is 1. The third kappa shape index (κ3) is 2.31. The number of carboxylic acid groups (broad SMARTS) is 1. The second-order valence-electron chi connectivity index (χ2n) is 4.59. The summed E-state index contributed by atoms with van der Waals surface area (Å²) in [5, 5.41) is 11.7. The first-order valence-corrected chi connectivity index (χ1v) is 6.60. The van der Waals surface area contributed by atoms with Gasteiger partial charge < -0.3 is 14.8 Å². The highest BCUT2D eigenvalue weighted by atomic mass is 35.5. The standard InChI is InChI=1S/C14H10ClN3O4/c1-7(19)16-10-4-9(8-2-3-22-6-8)5-18-12(15)11(14(20)21)17-13(10)18/h2-6H,1H3,(H,16,19)(H,20,21). The van der Waals surface area contributed by atoms with E-state index in [1.807, 2.05) is 0 Å². The summed E-state index contributed by atoms with van der Waals surface area (Å²) in [6.07, 6.45) is 4.67. The number of pyridine rings is 1. The van der Waals surface area contributed by atoms with Crippen molar-refractivity contribution in [3.63, 3.8) is 0 Å². The molecular formula is C14H10ClN3O4. The SMILES string of the molecule is CC(=O)Nc1cc(-c2ccoc2)cn2c(Cl)c(C(=O)O)nc12. The quantitative estimate of drug-likeness (QED) is 0.773. The van der Waals surface area contributed by atoms with Gasteiger partial charge in [0.1, 0.15) is 5.15 Å². The highest BCUT2D eigenvalue weighted by Gasteiger charge is 2.20. The van der Waals surface area contributed by atoms with E-state index in [-0.39, 0.29) is 22.4 Å². The Bertz CT molecular complexity index is 883. The maximum Gasteiger partial charge on any atom is 0.357 e. The molecule has 3 aromatic heterocycles. The summed E-state index contributed by atoms with van der Waals surface area (Å²) in [5.41, 5.74) is 1.79. The number of nitrogens with zero attached hydrogens (tertiary/aromatic N) is 2. The smallest absolute Gasteiger partial charge is 0.357 e. The summed E-state index contributed by atoms with van der Waals surface area (Å²) < 4.78 is 6.45. The normalized spacial score (nSPS) is 10.8. The molecule has 2 N–H and O–H groups in total. The van der Waals surface area contributed by atoms with Crippen LogP contribution in [0.15, 0.2) is 35.3 Å². The monoisotopic (exact) mass is 319 g/mol. The zero-order valence-corrected chi connectivity index (χ0v) is 12.1. The number of nitrogens with one attached hydrogen (secondary N) is 1. The van der Waals surface area contributed by atoms with Crippen LogP contribution >= 0.6 is 11.6 Å². The largest absolute Gasteiger partial charge is 0.476 e. The minimum Gasteiger partial charge on any atom is -0.476 e. The minimum atomic E-state index is -1.24. The second-order valence-corrected chi connectivity index (χ2v) is 4.94. The Kier molecular flexibility index (Phi) is 3.34. The molecule has 112 valence electrons. The van der Waals surface area contributed by atoms with Gasteiger partial charge in [-0.25, -0.2) is 9.78 Å². The molecule has 0 saturated carbocycles. The number of carbonyl (C=O) groups is 2. The molecule has 1 amide bonds. The van der Waals surface area contributed by atoms with Crippen molar-refractivity contribution in [1.82, 2.24) is 9.38 Å². The van der Waals surface area contributed by atoms with Crippen molar-refractivity contribution in [3.05, 3.63) is 41.7 Å². The maximum absolute atomic E-state index is 11.4. The molecule has 0 spiro atoms. The van der Waals surface area contributed by atoms with E-state index in [1.54, 1.807) is 18.3 Å². The van der Waals surface area contributed by atoms with Crippen LogP contribution in [0.1, 0.15) is 17.4 Å². The van der Waals surface area contributed by atoms with Crippen molar-refractivity contribution >= 4 is 34.8 Å². The van der Waals surface area contributed by atoms with Crippen LogP contribution in [0.4, 0.5) is 5.69 Å². The van der Waals surface area contributed by atoms with Gasteiger partial charge in [0.15, 0.2) is 11.3 Å².